The molecular formula is C12H17N5O4. The summed E-state index contributed by atoms with van der Waals surface area (Å²) in [5.41, 5.74) is 6.10. The third kappa shape index (κ3) is 3.57. The van der Waals surface area contributed by atoms with Crippen molar-refractivity contribution in [3.63, 3.8) is 0 Å². The molecule has 0 aliphatic carbocycles. The Morgan fingerprint density at radius 1 is 1.62 bits per heavy atom. The largest absolute Gasteiger partial charge is 0.465 e. The number of aryl methyl sites for hydroxylation is 1. The molecule has 0 saturated carbocycles. The molecule has 9 heteroatoms. The zero-order valence-electron chi connectivity index (χ0n) is 11.6. The van der Waals surface area contributed by atoms with Gasteiger partial charge >= 0.3 is 11.7 Å². The maximum atomic E-state index is 11.9. The van der Waals surface area contributed by atoms with E-state index in [1.807, 2.05) is 0 Å². The molecule has 0 saturated heterocycles. The number of anilines is 1. The number of imidazole rings is 1. The van der Waals surface area contributed by atoms with Gasteiger partial charge in [-0.25, -0.2) is 9.78 Å². The standard InChI is InChI=1S/C12H17N5O4/c1-7(19)21-6-8(5-18)2-3-17-10-9(15-12(17)20)4-14-11(13)16-10/h4,8,18H,2-3,5-6H2,1H3,(H,15,20)(H2,13,14,16). The zero-order chi connectivity index (χ0) is 15.4. The van der Waals surface area contributed by atoms with Crippen LogP contribution in [0, 0.1) is 5.92 Å². The number of aliphatic hydroxyl groups is 1. The molecule has 2 heterocycles. The van der Waals surface area contributed by atoms with Crippen LogP contribution in [0.3, 0.4) is 0 Å². The molecule has 2 aromatic heterocycles. The molecule has 21 heavy (non-hydrogen) atoms. The second-order valence-corrected chi connectivity index (χ2v) is 4.69. The minimum absolute atomic E-state index is 0.0777. The van der Waals surface area contributed by atoms with Crippen molar-refractivity contribution < 1.29 is 14.6 Å². The van der Waals surface area contributed by atoms with Gasteiger partial charge < -0.3 is 20.6 Å². The first-order chi connectivity index (χ1) is 10.0. The summed E-state index contributed by atoms with van der Waals surface area (Å²) in [7, 11) is 0. The van der Waals surface area contributed by atoms with E-state index in [-0.39, 0.29) is 30.8 Å². The van der Waals surface area contributed by atoms with Crippen molar-refractivity contribution in [3.8, 4) is 0 Å². The molecule has 0 aliphatic heterocycles. The molecule has 0 spiro atoms. The number of H-pyrrole nitrogens is 1. The summed E-state index contributed by atoms with van der Waals surface area (Å²) in [6, 6.07) is 0. The van der Waals surface area contributed by atoms with Crippen LogP contribution in [0.4, 0.5) is 5.95 Å². The van der Waals surface area contributed by atoms with Crippen LogP contribution in [0.15, 0.2) is 11.0 Å². The summed E-state index contributed by atoms with van der Waals surface area (Å²) in [4.78, 5) is 33.1. The van der Waals surface area contributed by atoms with Gasteiger partial charge in [-0.2, -0.15) is 4.98 Å². The molecule has 0 bridgehead atoms. The summed E-state index contributed by atoms with van der Waals surface area (Å²) in [5, 5.41) is 9.26. The summed E-state index contributed by atoms with van der Waals surface area (Å²) >= 11 is 0. The SMILES string of the molecule is CC(=O)OCC(CO)CCn1c(=O)[nH]c2cnc(N)nc21. The first-order valence-electron chi connectivity index (χ1n) is 6.46. The van der Waals surface area contributed by atoms with Gasteiger partial charge in [0.25, 0.3) is 0 Å². The van der Waals surface area contributed by atoms with Crippen molar-refractivity contribution in [1.29, 1.82) is 0 Å². The Balaban J connectivity index is 2.12. The lowest BCUT2D eigenvalue weighted by atomic mass is 10.1. The van der Waals surface area contributed by atoms with E-state index < -0.39 is 5.97 Å². The number of aromatic nitrogens is 4. The number of carbonyl (C=O) groups is 1. The smallest absolute Gasteiger partial charge is 0.327 e. The number of esters is 1. The van der Waals surface area contributed by atoms with Gasteiger partial charge in [0.2, 0.25) is 5.95 Å². The maximum Gasteiger partial charge on any atom is 0.327 e. The number of nitrogens with zero attached hydrogens (tertiary/aromatic N) is 3. The number of carbonyl (C=O) groups excluding carboxylic acids is 1. The lowest BCUT2D eigenvalue weighted by Crippen LogP contribution is -2.22. The number of nitrogen functional groups attached to an aromatic ring is 1. The number of hydrogen-bond acceptors (Lipinski definition) is 7. The van der Waals surface area contributed by atoms with Crippen molar-refractivity contribution in [3.05, 3.63) is 16.7 Å². The minimum Gasteiger partial charge on any atom is -0.465 e. The van der Waals surface area contributed by atoms with E-state index in [9.17, 15) is 14.7 Å². The number of nitrogens with one attached hydrogen (secondary N) is 1. The Labute approximate surface area is 119 Å². The van der Waals surface area contributed by atoms with Gasteiger partial charge in [-0.3, -0.25) is 9.36 Å². The Morgan fingerprint density at radius 2 is 2.38 bits per heavy atom. The van der Waals surface area contributed by atoms with Gasteiger partial charge in [0.05, 0.1) is 12.8 Å². The fourth-order valence-electron chi connectivity index (χ4n) is 1.94. The fraction of sp³-hybridized carbons (Fsp3) is 0.500. The van der Waals surface area contributed by atoms with Crippen molar-refractivity contribution in [2.75, 3.05) is 18.9 Å². The van der Waals surface area contributed by atoms with E-state index in [0.717, 1.165) is 0 Å². The highest BCUT2D eigenvalue weighted by Crippen LogP contribution is 2.10. The Bertz CT molecular complexity index is 693. The Kier molecular flexibility index (Phi) is 4.53. The zero-order valence-corrected chi connectivity index (χ0v) is 11.6. The molecule has 0 amide bonds. The molecule has 9 nitrogen and oxygen atoms in total. The maximum absolute atomic E-state index is 11.9. The topological polar surface area (TPSA) is 136 Å². The Hall–Kier alpha value is -2.42. The third-order valence-electron chi connectivity index (χ3n) is 3.07. The predicted octanol–water partition coefficient (Wildman–Crippen LogP) is -0.736. The molecular weight excluding hydrogens is 278 g/mol. The summed E-state index contributed by atoms with van der Waals surface area (Å²) in [5.74, 6) is -0.572. The van der Waals surface area contributed by atoms with Crippen LogP contribution in [0.25, 0.3) is 11.2 Å². The molecule has 0 radical (unpaired) electrons. The van der Waals surface area contributed by atoms with Gasteiger partial charge in [-0.05, 0) is 6.42 Å². The van der Waals surface area contributed by atoms with Crippen LogP contribution in [-0.2, 0) is 16.1 Å². The number of ether oxygens (including phenoxy) is 1. The molecule has 0 fully saturated rings. The van der Waals surface area contributed by atoms with Crippen LogP contribution in [0.1, 0.15) is 13.3 Å². The number of aromatic amines is 1. The van der Waals surface area contributed by atoms with E-state index in [4.69, 9.17) is 10.5 Å². The average Bonchev–Trinajstić information content (AvgIpc) is 2.74. The normalized spacial score (nSPS) is 12.5. The first kappa shape index (κ1) is 15.0. The van der Waals surface area contributed by atoms with Crippen LogP contribution in [-0.4, -0.2) is 43.8 Å². The van der Waals surface area contributed by atoms with Crippen molar-refractivity contribution in [1.82, 2.24) is 19.5 Å². The quantitative estimate of drug-likeness (QED) is 0.597. The van der Waals surface area contributed by atoms with Crippen molar-refractivity contribution in [2.45, 2.75) is 19.9 Å². The highest BCUT2D eigenvalue weighted by molar-refractivity contribution is 5.70. The highest BCUT2D eigenvalue weighted by atomic mass is 16.5. The lowest BCUT2D eigenvalue weighted by molar-refractivity contribution is -0.142. The van der Waals surface area contributed by atoms with E-state index >= 15 is 0 Å². The van der Waals surface area contributed by atoms with Crippen LogP contribution >= 0.6 is 0 Å². The molecule has 0 aliphatic rings. The third-order valence-corrected chi connectivity index (χ3v) is 3.07. The Morgan fingerprint density at radius 3 is 3.05 bits per heavy atom. The van der Waals surface area contributed by atoms with Crippen LogP contribution in [0.2, 0.25) is 0 Å². The van der Waals surface area contributed by atoms with Crippen LogP contribution in [0.5, 0.6) is 0 Å². The number of hydrogen-bond donors (Lipinski definition) is 3. The number of fused-ring (bicyclic) bond motifs is 1. The van der Waals surface area contributed by atoms with E-state index in [0.29, 0.717) is 24.1 Å². The number of aliphatic hydroxyl groups excluding tert-OH is 1. The monoisotopic (exact) mass is 295 g/mol. The van der Waals surface area contributed by atoms with E-state index in [1.54, 1.807) is 0 Å². The van der Waals surface area contributed by atoms with Gasteiger partial charge in [0.1, 0.15) is 5.52 Å². The molecule has 0 aromatic carbocycles. The van der Waals surface area contributed by atoms with Crippen LogP contribution < -0.4 is 11.4 Å². The second kappa shape index (κ2) is 6.35. The fourth-order valence-corrected chi connectivity index (χ4v) is 1.94. The summed E-state index contributed by atoms with van der Waals surface area (Å²) in [6.45, 7) is 1.60. The van der Waals surface area contributed by atoms with E-state index in [1.165, 1.54) is 17.7 Å². The molecule has 2 aromatic rings. The second-order valence-electron chi connectivity index (χ2n) is 4.69. The average molecular weight is 295 g/mol. The molecule has 4 N–H and O–H groups in total. The molecule has 1 unspecified atom stereocenters. The lowest BCUT2D eigenvalue weighted by Gasteiger charge is -2.13. The van der Waals surface area contributed by atoms with Gasteiger partial charge in [-0.1, -0.05) is 0 Å². The van der Waals surface area contributed by atoms with Crippen molar-refractivity contribution in [2.24, 2.45) is 5.92 Å². The van der Waals surface area contributed by atoms with Gasteiger partial charge in [0.15, 0.2) is 5.65 Å². The molecule has 1 atom stereocenters. The summed E-state index contributed by atoms with van der Waals surface area (Å²) in [6.07, 6.45) is 1.90. The number of rotatable bonds is 6. The van der Waals surface area contributed by atoms with Gasteiger partial charge in [-0.15, -0.1) is 0 Å². The number of nitrogens with two attached hydrogens (primary N) is 1. The minimum atomic E-state index is -0.404. The van der Waals surface area contributed by atoms with E-state index in [2.05, 4.69) is 15.0 Å². The molecule has 114 valence electrons. The molecule has 2 rings (SSSR count). The van der Waals surface area contributed by atoms with Crippen molar-refractivity contribution >= 4 is 23.1 Å². The first-order valence-corrected chi connectivity index (χ1v) is 6.46. The summed E-state index contributed by atoms with van der Waals surface area (Å²) < 4.78 is 6.28. The predicted molar refractivity (Wildman–Crippen MR) is 74.4 cm³/mol. The highest BCUT2D eigenvalue weighted by Gasteiger charge is 2.13. The van der Waals surface area contributed by atoms with Gasteiger partial charge in [0, 0.05) is 26.0 Å².